The van der Waals surface area contributed by atoms with Crippen molar-refractivity contribution in [1.82, 2.24) is 15.1 Å². The standard InChI is InChI=1S/C14H17Cl2N3O/c1-4-19-14(11(20-3)8-18-19)13(17-2)12-9(15)6-5-7-10(12)16/h5-8,13,17H,4H2,1-3H3. The molecule has 0 aliphatic heterocycles. The summed E-state index contributed by atoms with van der Waals surface area (Å²) in [5, 5.41) is 8.79. The van der Waals surface area contributed by atoms with E-state index < -0.39 is 0 Å². The van der Waals surface area contributed by atoms with Crippen molar-refractivity contribution in [3.05, 3.63) is 45.7 Å². The first kappa shape index (κ1) is 15.2. The summed E-state index contributed by atoms with van der Waals surface area (Å²) < 4.78 is 7.28. The topological polar surface area (TPSA) is 39.1 Å². The molecule has 0 aliphatic rings. The second kappa shape index (κ2) is 6.48. The van der Waals surface area contributed by atoms with Crippen molar-refractivity contribution < 1.29 is 4.74 Å². The molecule has 1 atom stereocenters. The van der Waals surface area contributed by atoms with Gasteiger partial charge in [0.25, 0.3) is 0 Å². The van der Waals surface area contributed by atoms with Crippen LogP contribution in [0.15, 0.2) is 24.4 Å². The minimum absolute atomic E-state index is 0.186. The summed E-state index contributed by atoms with van der Waals surface area (Å²) >= 11 is 12.6. The van der Waals surface area contributed by atoms with Crippen molar-refractivity contribution in [2.24, 2.45) is 0 Å². The van der Waals surface area contributed by atoms with Gasteiger partial charge in [-0.25, -0.2) is 0 Å². The molecule has 4 nitrogen and oxygen atoms in total. The Balaban J connectivity index is 2.61. The van der Waals surface area contributed by atoms with Gasteiger partial charge in [-0.1, -0.05) is 29.3 Å². The Kier molecular flexibility index (Phi) is 4.91. The van der Waals surface area contributed by atoms with Gasteiger partial charge in [0.15, 0.2) is 5.75 Å². The normalized spacial score (nSPS) is 12.4. The van der Waals surface area contributed by atoms with E-state index in [1.165, 1.54) is 0 Å². The summed E-state index contributed by atoms with van der Waals surface area (Å²) in [4.78, 5) is 0. The Morgan fingerprint density at radius 3 is 2.50 bits per heavy atom. The molecule has 0 bridgehead atoms. The highest BCUT2D eigenvalue weighted by Crippen LogP contribution is 2.37. The molecule has 108 valence electrons. The van der Waals surface area contributed by atoms with Crippen LogP contribution in [0.1, 0.15) is 24.2 Å². The molecule has 0 aliphatic carbocycles. The molecule has 0 saturated heterocycles. The second-order valence-corrected chi connectivity index (χ2v) is 5.09. The summed E-state index contributed by atoms with van der Waals surface area (Å²) in [6.07, 6.45) is 1.70. The molecule has 20 heavy (non-hydrogen) atoms. The number of nitrogens with one attached hydrogen (secondary N) is 1. The van der Waals surface area contributed by atoms with Crippen molar-refractivity contribution in [2.45, 2.75) is 19.5 Å². The van der Waals surface area contributed by atoms with Gasteiger partial charge in [-0.2, -0.15) is 5.10 Å². The van der Waals surface area contributed by atoms with E-state index in [2.05, 4.69) is 10.4 Å². The first-order chi connectivity index (χ1) is 9.63. The van der Waals surface area contributed by atoms with Gasteiger partial charge >= 0.3 is 0 Å². The van der Waals surface area contributed by atoms with Gasteiger partial charge in [-0.3, -0.25) is 4.68 Å². The zero-order valence-corrected chi connectivity index (χ0v) is 13.2. The van der Waals surface area contributed by atoms with Crippen molar-refractivity contribution in [3.8, 4) is 5.75 Å². The molecule has 0 spiro atoms. The quantitative estimate of drug-likeness (QED) is 0.918. The van der Waals surface area contributed by atoms with E-state index in [9.17, 15) is 0 Å². The van der Waals surface area contributed by atoms with Crippen LogP contribution in [0.4, 0.5) is 0 Å². The third-order valence-corrected chi connectivity index (χ3v) is 3.87. The molecule has 6 heteroatoms. The first-order valence-corrected chi connectivity index (χ1v) is 7.10. The van der Waals surface area contributed by atoms with Crippen LogP contribution >= 0.6 is 23.2 Å². The SMILES string of the molecule is CCn1ncc(OC)c1C(NC)c1c(Cl)cccc1Cl. The lowest BCUT2D eigenvalue weighted by Crippen LogP contribution is -2.22. The highest BCUT2D eigenvalue weighted by molar-refractivity contribution is 6.36. The van der Waals surface area contributed by atoms with Gasteiger partial charge in [0, 0.05) is 22.2 Å². The molecule has 1 aromatic carbocycles. The van der Waals surface area contributed by atoms with E-state index in [0.29, 0.717) is 15.8 Å². The molecule has 1 aromatic heterocycles. The predicted octanol–water partition coefficient (Wildman–Crippen LogP) is 3.53. The van der Waals surface area contributed by atoms with Gasteiger partial charge in [0.05, 0.1) is 19.3 Å². The molecule has 1 heterocycles. The maximum Gasteiger partial charge on any atom is 0.161 e. The fourth-order valence-electron chi connectivity index (χ4n) is 2.28. The van der Waals surface area contributed by atoms with Crippen molar-refractivity contribution >= 4 is 23.2 Å². The maximum absolute atomic E-state index is 6.32. The number of hydrogen-bond donors (Lipinski definition) is 1. The monoisotopic (exact) mass is 313 g/mol. The minimum Gasteiger partial charge on any atom is -0.493 e. The maximum atomic E-state index is 6.32. The van der Waals surface area contributed by atoms with Gasteiger partial charge < -0.3 is 10.1 Å². The highest BCUT2D eigenvalue weighted by atomic mass is 35.5. The lowest BCUT2D eigenvalue weighted by molar-refractivity contribution is 0.401. The van der Waals surface area contributed by atoms with Gasteiger partial charge in [-0.05, 0) is 26.1 Å². The van der Waals surface area contributed by atoms with Crippen LogP contribution in [0.2, 0.25) is 10.0 Å². The van der Waals surface area contributed by atoms with Gasteiger partial charge in [0.2, 0.25) is 0 Å². The molecular weight excluding hydrogens is 297 g/mol. The lowest BCUT2D eigenvalue weighted by Gasteiger charge is -2.21. The van der Waals surface area contributed by atoms with Gasteiger partial charge in [-0.15, -0.1) is 0 Å². The van der Waals surface area contributed by atoms with E-state index in [-0.39, 0.29) is 6.04 Å². The molecular formula is C14H17Cl2N3O. The van der Waals surface area contributed by atoms with Crippen LogP contribution < -0.4 is 10.1 Å². The van der Waals surface area contributed by atoms with Crippen molar-refractivity contribution in [2.75, 3.05) is 14.2 Å². The lowest BCUT2D eigenvalue weighted by atomic mass is 10.0. The summed E-state index contributed by atoms with van der Waals surface area (Å²) in [6, 6.07) is 5.29. The number of halogens is 2. The number of methoxy groups -OCH3 is 1. The Hall–Kier alpha value is -1.23. The summed E-state index contributed by atoms with van der Waals surface area (Å²) in [5.41, 5.74) is 1.74. The molecule has 0 saturated carbocycles. The Labute approximate surface area is 128 Å². The molecule has 1 unspecified atom stereocenters. The molecule has 1 N–H and O–H groups in total. The molecule has 0 radical (unpaired) electrons. The van der Waals surface area contributed by atoms with Crippen LogP contribution in [0.25, 0.3) is 0 Å². The first-order valence-electron chi connectivity index (χ1n) is 6.34. The van der Waals surface area contributed by atoms with Gasteiger partial charge in [0.1, 0.15) is 5.69 Å². The number of aromatic nitrogens is 2. The highest BCUT2D eigenvalue weighted by Gasteiger charge is 2.25. The van der Waals surface area contributed by atoms with Crippen molar-refractivity contribution in [1.29, 1.82) is 0 Å². The molecule has 0 fully saturated rings. The largest absolute Gasteiger partial charge is 0.493 e. The fourth-order valence-corrected chi connectivity index (χ4v) is 2.90. The van der Waals surface area contributed by atoms with Crippen LogP contribution in [0.3, 0.4) is 0 Å². The third-order valence-electron chi connectivity index (χ3n) is 3.21. The molecule has 0 amide bonds. The summed E-state index contributed by atoms with van der Waals surface area (Å²) in [6.45, 7) is 2.76. The van der Waals surface area contributed by atoms with Crippen LogP contribution in [-0.2, 0) is 6.54 Å². The predicted molar refractivity (Wildman–Crippen MR) is 81.8 cm³/mol. The van der Waals surface area contributed by atoms with E-state index >= 15 is 0 Å². The molecule has 2 rings (SSSR count). The smallest absolute Gasteiger partial charge is 0.161 e. The summed E-state index contributed by atoms with van der Waals surface area (Å²) in [7, 11) is 3.48. The van der Waals surface area contributed by atoms with E-state index in [0.717, 1.165) is 17.8 Å². The minimum atomic E-state index is -0.186. The van der Waals surface area contributed by atoms with Crippen LogP contribution in [0, 0.1) is 0 Å². The van der Waals surface area contributed by atoms with E-state index in [4.69, 9.17) is 27.9 Å². The zero-order valence-electron chi connectivity index (χ0n) is 11.7. The average molecular weight is 314 g/mol. The third kappa shape index (κ3) is 2.64. The average Bonchev–Trinajstić information content (AvgIpc) is 2.85. The van der Waals surface area contributed by atoms with E-state index in [1.807, 2.05) is 36.9 Å². The Morgan fingerprint density at radius 2 is 2.00 bits per heavy atom. The fraction of sp³-hybridized carbons (Fsp3) is 0.357. The van der Waals surface area contributed by atoms with Crippen molar-refractivity contribution in [3.63, 3.8) is 0 Å². The number of benzene rings is 1. The number of ether oxygens (including phenoxy) is 1. The Morgan fingerprint density at radius 1 is 1.35 bits per heavy atom. The van der Waals surface area contributed by atoms with E-state index in [1.54, 1.807) is 13.3 Å². The van der Waals surface area contributed by atoms with Crippen LogP contribution in [-0.4, -0.2) is 23.9 Å². The number of hydrogen-bond acceptors (Lipinski definition) is 3. The number of rotatable bonds is 5. The zero-order chi connectivity index (χ0) is 14.7. The Bertz CT molecular complexity index is 556. The number of aryl methyl sites for hydroxylation is 1. The van der Waals surface area contributed by atoms with Crippen LogP contribution in [0.5, 0.6) is 5.75 Å². The number of nitrogens with zero attached hydrogens (tertiary/aromatic N) is 2. The summed E-state index contributed by atoms with van der Waals surface area (Å²) in [5.74, 6) is 0.710. The second-order valence-electron chi connectivity index (χ2n) is 4.27. The molecule has 2 aromatic rings.